The van der Waals surface area contributed by atoms with Crippen molar-refractivity contribution in [3.05, 3.63) is 42.7 Å². The van der Waals surface area contributed by atoms with Crippen LogP contribution in [0.5, 0.6) is 0 Å². The van der Waals surface area contributed by atoms with E-state index < -0.39 is 0 Å². The molecule has 3 rings (SSSR count). The summed E-state index contributed by atoms with van der Waals surface area (Å²) < 4.78 is 5.57. The molecule has 6 heteroatoms. The summed E-state index contributed by atoms with van der Waals surface area (Å²) >= 11 is 0. The Morgan fingerprint density at radius 3 is 3.05 bits per heavy atom. The predicted octanol–water partition coefficient (Wildman–Crippen LogP) is 0.319. The molecule has 2 saturated heterocycles. The van der Waals surface area contributed by atoms with Crippen molar-refractivity contribution in [1.82, 2.24) is 14.8 Å². The minimum atomic E-state index is -0.129. The Hall–Kier alpha value is -2.21. The van der Waals surface area contributed by atoms with Gasteiger partial charge in [0.2, 0.25) is 5.91 Å². The van der Waals surface area contributed by atoms with Gasteiger partial charge >= 0.3 is 0 Å². The molecule has 0 radical (unpaired) electrons. The first kappa shape index (κ1) is 13.8. The molecule has 0 aliphatic carbocycles. The van der Waals surface area contributed by atoms with E-state index >= 15 is 0 Å². The number of rotatable bonds is 3. The van der Waals surface area contributed by atoms with E-state index in [1.165, 1.54) is 0 Å². The van der Waals surface area contributed by atoms with Gasteiger partial charge in [-0.05, 0) is 12.1 Å². The quantitative estimate of drug-likeness (QED) is 0.751. The van der Waals surface area contributed by atoms with Crippen molar-refractivity contribution in [2.45, 2.75) is 12.1 Å². The lowest BCUT2D eigenvalue weighted by atomic mass is 10.1. The van der Waals surface area contributed by atoms with Crippen LogP contribution in [0.15, 0.2) is 37.1 Å². The highest BCUT2D eigenvalue weighted by Gasteiger charge is 2.44. The summed E-state index contributed by atoms with van der Waals surface area (Å²) in [7, 11) is 0. The van der Waals surface area contributed by atoms with Crippen LogP contribution in [0.1, 0.15) is 10.5 Å². The van der Waals surface area contributed by atoms with E-state index in [0.29, 0.717) is 25.3 Å². The van der Waals surface area contributed by atoms with E-state index in [-0.39, 0.29) is 30.6 Å². The van der Waals surface area contributed by atoms with Crippen LogP contribution >= 0.6 is 0 Å². The molecular formula is C15H17N3O3. The van der Waals surface area contributed by atoms with Gasteiger partial charge in [-0.25, -0.2) is 0 Å². The van der Waals surface area contributed by atoms with Gasteiger partial charge in [0.05, 0.1) is 12.1 Å². The summed E-state index contributed by atoms with van der Waals surface area (Å²) in [5.74, 6) is -0.178. The Kier molecular flexibility index (Phi) is 3.70. The molecule has 1 aromatic rings. The number of carbonyl (C=O) groups is 2. The number of pyridine rings is 1. The minimum Gasteiger partial charge on any atom is -0.364 e. The molecule has 6 nitrogen and oxygen atoms in total. The number of hydrogen-bond acceptors (Lipinski definition) is 4. The number of aromatic nitrogens is 1. The Labute approximate surface area is 123 Å². The Morgan fingerprint density at radius 1 is 1.48 bits per heavy atom. The normalized spacial score (nSPS) is 24.9. The van der Waals surface area contributed by atoms with Crippen LogP contribution in [-0.4, -0.2) is 65.0 Å². The fourth-order valence-electron chi connectivity index (χ4n) is 2.86. The fourth-order valence-corrected chi connectivity index (χ4v) is 2.86. The maximum Gasteiger partial charge on any atom is 0.272 e. The number of hydrogen-bond donors (Lipinski definition) is 0. The van der Waals surface area contributed by atoms with Gasteiger partial charge in [-0.1, -0.05) is 12.1 Å². The second kappa shape index (κ2) is 5.65. The van der Waals surface area contributed by atoms with Crippen molar-refractivity contribution in [1.29, 1.82) is 0 Å². The second-order valence-electron chi connectivity index (χ2n) is 5.18. The van der Waals surface area contributed by atoms with Crippen molar-refractivity contribution in [2.24, 2.45) is 0 Å². The summed E-state index contributed by atoms with van der Waals surface area (Å²) in [6, 6.07) is 5.15. The van der Waals surface area contributed by atoms with E-state index in [0.717, 1.165) is 0 Å². The average Bonchev–Trinajstić information content (AvgIpc) is 2.95. The van der Waals surface area contributed by atoms with Crippen LogP contribution in [0.3, 0.4) is 0 Å². The van der Waals surface area contributed by atoms with Gasteiger partial charge in [0.15, 0.2) is 0 Å². The summed E-state index contributed by atoms with van der Waals surface area (Å²) in [6.45, 7) is 5.19. The van der Waals surface area contributed by atoms with Crippen molar-refractivity contribution in [3.8, 4) is 0 Å². The Balaban J connectivity index is 1.76. The van der Waals surface area contributed by atoms with E-state index in [4.69, 9.17) is 4.74 Å². The molecule has 0 bridgehead atoms. The highest BCUT2D eigenvalue weighted by Crippen LogP contribution is 2.24. The van der Waals surface area contributed by atoms with Crippen LogP contribution < -0.4 is 0 Å². The third-order valence-corrected chi connectivity index (χ3v) is 3.88. The minimum absolute atomic E-state index is 0.0525. The molecule has 0 N–H and O–H groups in total. The van der Waals surface area contributed by atoms with E-state index in [9.17, 15) is 9.59 Å². The lowest BCUT2D eigenvalue weighted by Crippen LogP contribution is -2.53. The number of likely N-dealkylation sites (tertiary alicyclic amines) is 1. The predicted molar refractivity (Wildman–Crippen MR) is 75.6 cm³/mol. The first-order chi connectivity index (χ1) is 10.2. The van der Waals surface area contributed by atoms with Gasteiger partial charge in [-0.2, -0.15) is 0 Å². The van der Waals surface area contributed by atoms with Crippen LogP contribution in [-0.2, 0) is 9.53 Å². The molecule has 2 atom stereocenters. The summed E-state index contributed by atoms with van der Waals surface area (Å²) in [5.41, 5.74) is 0.415. The van der Waals surface area contributed by atoms with Crippen molar-refractivity contribution < 1.29 is 14.3 Å². The molecule has 0 aromatic carbocycles. The van der Waals surface area contributed by atoms with E-state index in [1.807, 2.05) is 0 Å². The highest BCUT2D eigenvalue weighted by molar-refractivity contribution is 5.92. The maximum atomic E-state index is 12.4. The van der Waals surface area contributed by atoms with Gasteiger partial charge in [0.1, 0.15) is 12.3 Å². The number of nitrogens with zero attached hydrogens (tertiary/aromatic N) is 3. The lowest BCUT2D eigenvalue weighted by molar-refractivity contribution is -0.151. The number of carbonyl (C=O) groups excluding carboxylic acids is 2. The van der Waals surface area contributed by atoms with Crippen LogP contribution in [0.2, 0.25) is 0 Å². The van der Waals surface area contributed by atoms with Gasteiger partial charge < -0.3 is 14.5 Å². The summed E-state index contributed by atoms with van der Waals surface area (Å²) in [4.78, 5) is 31.9. The Bertz CT molecular complexity index is 561. The zero-order valence-electron chi connectivity index (χ0n) is 11.6. The SMILES string of the molecule is C=CCN1C(=O)CO[C@@H]2CN(C(=O)c3ccccn3)C[C@H]21. The fraction of sp³-hybridized carbons (Fsp3) is 0.400. The third-order valence-electron chi connectivity index (χ3n) is 3.88. The standard InChI is InChI=1S/C15H17N3O3/c1-2-7-18-12-8-17(9-13(12)21-10-14(18)19)15(20)11-5-3-4-6-16-11/h2-6,12-13H,1,7-10H2/t12-,13-/m1/s1. The number of amides is 2. The molecule has 110 valence electrons. The molecule has 0 saturated carbocycles. The average molecular weight is 287 g/mol. The highest BCUT2D eigenvalue weighted by atomic mass is 16.5. The molecule has 21 heavy (non-hydrogen) atoms. The van der Waals surface area contributed by atoms with Crippen molar-refractivity contribution in [3.63, 3.8) is 0 Å². The van der Waals surface area contributed by atoms with Crippen molar-refractivity contribution >= 4 is 11.8 Å². The molecule has 3 heterocycles. The molecule has 2 amide bonds. The zero-order valence-corrected chi connectivity index (χ0v) is 11.6. The van der Waals surface area contributed by atoms with E-state index in [1.54, 1.807) is 40.3 Å². The number of ether oxygens (including phenoxy) is 1. The topological polar surface area (TPSA) is 62.7 Å². The summed E-state index contributed by atoms with van der Waals surface area (Å²) in [6.07, 6.45) is 3.17. The molecule has 0 spiro atoms. The maximum absolute atomic E-state index is 12.4. The zero-order chi connectivity index (χ0) is 14.8. The van der Waals surface area contributed by atoms with Gasteiger partial charge in [-0.15, -0.1) is 6.58 Å². The number of morpholine rings is 1. The molecule has 1 aromatic heterocycles. The molecule has 2 aliphatic heterocycles. The largest absolute Gasteiger partial charge is 0.364 e. The first-order valence-corrected chi connectivity index (χ1v) is 6.93. The van der Waals surface area contributed by atoms with Gasteiger partial charge in [0, 0.05) is 25.8 Å². The summed E-state index contributed by atoms with van der Waals surface area (Å²) in [5, 5.41) is 0. The van der Waals surface area contributed by atoms with Crippen LogP contribution in [0.25, 0.3) is 0 Å². The Morgan fingerprint density at radius 2 is 2.33 bits per heavy atom. The molecular weight excluding hydrogens is 270 g/mol. The number of fused-ring (bicyclic) bond motifs is 1. The first-order valence-electron chi connectivity index (χ1n) is 6.93. The van der Waals surface area contributed by atoms with E-state index in [2.05, 4.69) is 11.6 Å². The second-order valence-corrected chi connectivity index (χ2v) is 5.18. The third kappa shape index (κ3) is 2.54. The van der Waals surface area contributed by atoms with Crippen LogP contribution in [0, 0.1) is 0 Å². The molecule has 2 aliphatic rings. The van der Waals surface area contributed by atoms with Gasteiger partial charge in [0.25, 0.3) is 5.91 Å². The van der Waals surface area contributed by atoms with Gasteiger partial charge in [-0.3, -0.25) is 14.6 Å². The molecule has 0 unspecified atom stereocenters. The van der Waals surface area contributed by atoms with Crippen LogP contribution in [0.4, 0.5) is 0 Å². The van der Waals surface area contributed by atoms with Crippen molar-refractivity contribution in [2.75, 3.05) is 26.2 Å². The lowest BCUT2D eigenvalue weighted by Gasteiger charge is -2.35. The smallest absolute Gasteiger partial charge is 0.272 e. The monoisotopic (exact) mass is 287 g/mol. The molecule has 2 fully saturated rings.